The second kappa shape index (κ2) is 12.0. The summed E-state index contributed by atoms with van der Waals surface area (Å²) in [7, 11) is 5.56. The number of hydrogen-bond donors (Lipinski definition) is 2. The van der Waals surface area contributed by atoms with Crippen molar-refractivity contribution in [2.24, 2.45) is 7.05 Å². The fourth-order valence-electron chi connectivity index (χ4n) is 5.36. The quantitative estimate of drug-likeness (QED) is 0.285. The third-order valence-corrected chi connectivity index (χ3v) is 8.66. The van der Waals surface area contributed by atoms with E-state index in [1.165, 1.54) is 0 Å². The predicted octanol–water partition coefficient (Wildman–Crippen LogP) is 5.19. The highest BCUT2D eigenvalue weighted by Crippen LogP contribution is 2.42. The molecule has 42 heavy (non-hydrogen) atoms. The molecule has 1 fully saturated rings. The SMILES string of the molecule is COc1cc(-c2cccc(-c3cccc(NC(=O)c4nc5c(n4C)CCN(C)C5)c3Cl)c2Cl)cnc1CNC1COC1. The molecule has 4 aromatic rings. The maximum atomic E-state index is 13.3. The zero-order valence-electron chi connectivity index (χ0n) is 23.7. The Kier molecular flexibility index (Phi) is 8.20. The number of likely N-dealkylation sites (N-methyl/N-ethyl adjacent to an activating group) is 1. The third-order valence-electron chi connectivity index (χ3n) is 7.84. The minimum absolute atomic E-state index is 0.314. The Labute approximate surface area is 254 Å². The molecule has 0 saturated carbocycles. The molecule has 2 aliphatic rings. The summed E-state index contributed by atoms with van der Waals surface area (Å²) < 4.78 is 12.8. The lowest BCUT2D eigenvalue weighted by Crippen LogP contribution is -2.45. The smallest absolute Gasteiger partial charge is 0.291 e. The van der Waals surface area contributed by atoms with Gasteiger partial charge in [-0.25, -0.2) is 4.98 Å². The molecule has 218 valence electrons. The van der Waals surface area contributed by atoms with Crippen molar-refractivity contribution >= 4 is 34.8 Å². The number of rotatable bonds is 8. The molecule has 0 aliphatic carbocycles. The lowest BCUT2D eigenvalue weighted by Gasteiger charge is -2.27. The van der Waals surface area contributed by atoms with Crippen LogP contribution in [0.4, 0.5) is 5.69 Å². The van der Waals surface area contributed by atoms with Crippen LogP contribution in [0.2, 0.25) is 10.0 Å². The first-order valence-corrected chi connectivity index (χ1v) is 14.6. The van der Waals surface area contributed by atoms with Gasteiger partial charge in [-0.3, -0.25) is 9.78 Å². The van der Waals surface area contributed by atoms with E-state index in [2.05, 4.69) is 32.5 Å². The number of nitrogens with zero attached hydrogens (tertiary/aromatic N) is 4. The van der Waals surface area contributed by atoms with E-state index in [1.54, 1.807) is 19.4 Å². The first-order valence-electron chi connectivity index (χ1n) is 13.8. The van der Waals surface area contributed by atoms with E-state index in [1.807, 2.05) is 48.0 Å². The van der Waals surface area contributed by atoms with Gasteiger partial charge in [-0.15, -0.1) is 0 Å². The van der Waals surface area contributed by atoms with Crippen molar-refractivity contribution in [3.05, 3.63) is 81.6 Å². The highest BCUT2D eigenvalue weighted by Gasteiger charge is 2.25. The van der Waals surface area contributed by atoms with E-state index in [-0.39, 0.29) is 5.91 Å². The Bertz CT molecular complexity index is 1650. The number of hydrogen-bond acceptors (Lipinski definition) is 7. The zero-order chi connectivity index (χ0) is 29.4. The number of carbonyl (C=O) groups is 1. The topological polar surface area (TPSA) is 93.5 Å². The van der Waals surface area contributed by atoms with Gasteiger partial charge in [0.05, 0.1) is 53.5 Å². The van der Waals surface area contributed by atoms with Gasteiger partial charge in [0, 0.05) is 67.2 Å². The zero-order valence-corrected chi connectivity index (χ0v) is 25.2. The first-order chi connectivity index (χ1) is 20.3. The maximum absolute atomic E-state index is 13.3. The third kappa shape index (κ3) is 5.50. The van der Waals surface area contributed by atoms with Gasteiger partial charge in [-0.05, 0) is 19.2 Å². The van der Waals surface area contributed by atoms with Crippen molar-refractivity contribution in [3.8, 4) is 28.0 Å². The standard InChI is InChI=1S/C31H32Cl2N6O3/c1-38-11-10-26-25(15-38)36-30(39(26)2)31(40)37-23-9-5-8-22(29(23)33)21-7-4-6-20(28(21)32)18-12-27(41-3)24(35-13-18)14-34-19-16-42-17-19/h4-9,12-13,19,34H,10-11,14-17H2,1-3H3,(H,37,40). The van der Waals surface area contributed by atoms with E-state index >= 15 is 0 Å². The van der Waals surface area contributed by atoms with E-state index in [0.717, 1.165) is 53.3 Å². The van der Waals surface area contributed by atoms with Gasteiger partial charge in [0.25, 0.3) is 5.91 Å². The molecule has 0 radical (unpaired) electrons. The van der Waals surface area contributed by atoms with Crippen LogP contribution in [0.1, 0.15) is 27.7 Å². The number of nitrogens with one attached hydrogen (secondary N) is 2. The van der Waals surface area contributed by atoms with Crippen LogP contribution in [-0.4, -0.2) is 65.3 Å². The van der Waals surface area contributed by atoms with Gasteiger partial charge in [0.2, 0.25) is 0 Å². The summed E-state index contributed by atoms with van der Waals surface area (Å²) in [4.78, 5) is 24.8. The Morgan fingerprint density at radius 2 is 1.83 bits per heavy atom. The summed E-state index contributed by atoms with van der Waals surface area (Å²) in [6, 6.07) is 13.5. The number of carbonyl (C=O) groups excluding carboxylic acids is 1. The lowest BCUT2D eigenvalue weighted by atomic mass is 9.98. The average Bonchev–Trinajstić information content (AvgIpc) is 3.29. The number of pyridine rings is 1. The second-order valence-electron chi connectivity index (χ2n) is 10.7. The fraction of sp³-hybridized carbons (Fsp3) is 0.323. The van der Waals surface area contributed by atoms with Crippen LogP contribution < -0.4 is 15.4 Å². The van der Waals surface area contributed by atoms with Gasteiger partial charge in [-0.2, -0.15) is 0 Å². The van der Waals surface area contributed by atoms with Gasteiger partial charge in [0.1, 0.15) is 5.75 Å². The molecule has 2 aromatic heterocycles. The van der Waals surface area contributed by atoms with Crippen LogP contribution in [-0.2, 0) is 31.3 Å². The molecule has 0 atom stereocenters. The van der Waals surface area contributed by atoms with Crippen molar-refractivity contribution in [2.75, 3.05) is 39.2 Å². The minimum atomic E-state index is -0.314. The van der Waals surface area contributed by atoms with Crippen LogP contribution in [0.25, 0.3) is 22.3 Å². The summed E-state index contributed by atoms with van der Waals surface area (Å²) in [5.74, 6) is 0.719. The summed E-state index contributed by atoms with van der Waals surface area (Å²) in [5, 5.41) is 7.29. The van der Waals surface area contributed by atoms with E-state index in [9.17, 15) is 4.79 Å². The lowest BCUT2D eigenvalue weighted by molar-refractivity contribution is -0.00598. The van der Waals surface area contributed by atoms with Crippen LogP contribution >= 0.6 is 23.2 Å². The van der Waals surface area contributed by atoms with Crippen LogP contribution in [0.5, 0.6) is 5.75 Å². The number of methoxy groups -OCH3 is 1. The van der Waals surface area contributed by atoms with E-state index < -0.39 is 0 Å². The van der Waals surface area contributed by atoms with Crippen molar-refractivity contribution in [2.45, 2.75) is 25.6 Å². The summed E-state index contributed by atoms with van der Waals surface area (Å²) in [6.07, 6.45) is 2.65. The number of ether oxygens (including phenoxy) is 2. The molecule has 2 N–H and O–H groups in total. The molecule has 6 rings (SSSR count). The molecule has 0 spiro atoms. The fourth-order valence-corrected chi connectivity index (χ4v) is 5.98. The molecule has 2 aromatic carbocycles. The monoisotopic (exact) mass is 606 g/mol. The molecule has 1 amide bonds. The molecule has 0 unspecified atom stereocenters. The summed E-state index contributed by atoms with van der Waals surface area (Å²) >= 11 is 13.9. The number of benzene rings is 2. The van der Waals surface area contributed by atoms with Crippen molar-refractivity contribution in [1.29, 1.82) is 0 Å². The molecular weight excluding hydrogens is 575 g/mol. The van der Waals surface area contributed by atoms with E-state index in [4.69, 9.17) is 32.7 Å². The minimum Gasteiger partial charge on any atom is -0.495 e. The maximum Gasteiger partial charge on any atom is 0.291 e. The average molecular weight is 608 g/mol. The Hall–Kier alpha value is -3.47. The number of imidazole rings is 1. The number of anilines is 1. The van der Waals surface area contributed by atoms with Gasteiger partial charge in [0.15, 0.2) is 5.82 Å². The Morgan fingerprint density at radius 3 is 2.57 bits per heavy atom. The second-order valence-corrected chi connectivity index (χ2v) is 11.4. The van der Waals surface area contributed by atoms with E-state index in [0.29, 0.717) is 58.7 Å². The van der Waals surface area contributed by atoms with Crippen LogP contribution in [0.3, 0.4) is 0 Å². The van der Waals surface area contributed by atoms with Gasteiger partial charge >= 0.3 is 0 Å². The number of fused-ring (bicyclic) bond motifs is 1. The molecule has 2 aliphatic heterocycles. The largest absolute Gasteiger partial charge is 0.495 e. The van der Waals surface area contributed by atoms with Crippen molar-refractivity contribution in [3.63, 3.8) is 0 Å². The summed E-state index contributed by atoms with van der Waals surface area (Å²) in [6.45, 7) is 3.65. The van der Waals surface area contributed by atoms with Crippen molar-refractivity contribution < 1.29 is 14.3 Å². The van der Waals surface area contributed by atoms with Gasteiger partial charge < -0.3 is 29.6 Å². The number of aromatic nitrogens is 3. The highest BCUT2D eigenvalue weighted by atomic mass is 35.5. The van der Waals surface area contributed by atoms with Crippen LogP contribution in [0, 0.1) is 0 Å². The molecule has 0 bridgehead atoms. The predicted molar refractivity (Wildman–Crippen MR) is 164 cm³/mol. The molecule has 4 heterocycles. The normalized spacial score (nSPS) is 15.3. The Morgan fingerprint density at radius 1 is 1.10 bits per heavy atom. The van der Waals surface area contributed by atoms with Crippen molar-refractivity contribution in [1.82, 2.24) is 24.8 Å². The molecular formula is C31H32Cl2N6O3. The van der Waals surface area contributed by atoms with Crippen LogP contribution in [0.15, 0.2) is 48.7 Å². The molecule has 9 nitrogen and oxygen atoms in total. The van der Waals surface area contributed by atoms with Gasteiger partial charge in [-0.1, -0.05) is 53.5 Å². The number of halogens is 2. The summed E-state index contributed by atoms with van der Waals surface area (Å²) in [5.41, 5.74) is 6.36. The number of amides is 1. The highest BCUT2D eigenvalue weighted by molar-refractivity contribution is 6.39. The molecule has 11 heteroatoms. The Balaban J connectivity index is 1.27. The first kappa shape index (κ1) is 28.6. The molecule has 1 saturated heterocycles.